The molecule has 1 atom stereocenters. The van der Waals surface area contributed by atoms with E-state index in [4.69, 9.17) is 14.5 Å². The molecule has 184 valence electrons. The van der Waals surface area contributed by atoms with Gasteiger partial charge in [-0.1, -0.05) is 26.8 Å². The molecule has 0 aliphatic carbocycles. The molecule has 2 aromatic rings. The molecule has 0 bridgehead atoms. The van der Waals surface area contributed by atoms with Crippen LogP contribution in [0, 0.1) is 0 Å². The maximum absolute atomic E-state index is 12.6. The molecular formula is C26H34N2O5S. The second kappa shape index (κ2) is 10.5. The first-order valence-corrected chi connectivity index (χ1v) is 12.8. The van der Waals surface area contributed by atoms with Gasteiger partial charge in [0.1, 0.15) is 30.1 Å². The van der Waals surface area contributed by atoms with Gasteiger partial charge in [0.15, 0.2) is 5.75 Å². The number of thioether (sulfide) groups is 1. The zero-order valence-electron chi connectivity index (χ0n) is 20.4. The zero-order chi connectivity index (χ0) is 24.3. The summed E-state index contributed by atoms with van der Waals surface area (Å²) in [7, 11) is 2.07. The van der Waals surface area contributed by atoms with Gasteiger partial charge in [0.05, 0.1) is 5.75 Å². The van der Waals surface area contributed by atoms with Crippen LogP contribution in [0.2, 0.25) is 0 Å². The van der Waals surface area contributed by atoms with Gasteiger partial charge in [-0.3, -0.25) is 4.79 Å². The largest absolute Gasteiger partial charge is 0.508 e. The molecule has 0 radical (unpaired) electrons. The normalized spacial score (nSPS) is 17.9. The number of aromatic hydroxyl groups is 1. The number of phenolic OH excluding ortho intramolecular Hbond substituents is 1. The number of hydrogen-bond donors (Lipinski definition) is 1. The number of carbonyl (C=O) groups is 1. The van der Waals surface area contributed by atoms with Crippen LogP contribution in [0.5, 0.6) is 17.2 Å². The lowest BCUT2D eigenvalue weighted by molar-refractivity contribution is -0.194. The number of likely N-dealkylation sites (N-methyl/N-ethyl adjacent to an activating group) is 1. The van der Waals surface area contributed by atoms with Gasteiger partial charge in [-0.05, 0) is 60.8 Å². The van der Waals surface area contributed by atoms with Gasteiger partial charge in [0.25, 0.3) is 0 Å². The summed E-state index contributed by atoms with van der Waals surface area (Å²) in [5, 5.41) is 10.3. The van der Waals surface area contributed by atoms with Crippen molar-refractivity contribution in [2.24, 2.45) is 0 Å². The number of fused-ring (bicyclic) bond motifs is 1. The van der Waals surface area contributed by atoms with Gasteiger partial charge in [-0.25, -0.2) is 0 Å². The highest BCUT2D eigenvalue weighted by atomic mass is 32.2. The second-order valence-corrected chi connectivity index (χ2v) is 11.0. The summed E-state index contributed by atoms with van der Waals surface area (Å²) in [6.45, 7) is 9.66. The van der Waals surface area contributed by atoms with Crippen LogP contribution in [0.4, 0.5) is 0 Å². The predicted octanol–water partition coefficient (Wildman–Crippen LogP) is 4.49. The van der Waals surface area contributed by atoms with Crippen molar-refractivity contribution in [1.82, 2.24) is 9.80 Å². The van der Waals surface area contributed by atoms with Crippen molar-refractivity contribution in [3.8, 4) is 17.2 Å². The maximum atomic E-state index is 12.6. The van der Waals surface area contributed by atoms with Gasteiger partial charge >= 0.3 is 0 Å². The molecule has 1 fully saturated rings. The molecule has 2 heterocycles. The molecule has 34 heavy (non-hydrogen) atoms. The zero-order valence-corrected chi connectivity index (χ0v) is 21.2. The van der Waals surface area contributed by atoms with Crippen molar-refractivity contribution in [2.45, 2.75) is 44.6 Å². The lowest BCUT2D eigenvalue weighted by Gasteiger charge is -2.27. The van der Waals surface area contributed by atoms with Gasteiger partial charge in [0.2, 0.25) is 5.91 Å². The van der Waals surface area contributed by atoms with Crippen molar-refractivity contribution >= 4 is 17.7 Å². The number of benzene rings is 2. The summed E-state index contributed by atoms with van der Waals surface area (Å²) in [6.07, 6.45) is 0.882. The van der Waals surface area contributed by atoms with Crippen LogP contribution in [-0.4, -0.2) is 59.9 Å². The molecule has 8 heteroatoms. The highest BCUT2D eigenvalue weighted by Gasteiger charge is 2.33. The molecule has 2 aliphatic rings. The maximum Gasteiger partial charge on any atom is 0.233 e. The molecule has 2 aliphatic heterocycles. The Bertz CT molecular complexity index is 1020. The van der Waals surface area contributed by atoms with Crippen molar-refractivity contribution < 1.29 is 24.4 Å². The summed E-state index contributed by atoms with van der Waals surface area (Å²) >= 11 is 1.66. The monoisotopic (exact) mass is 486 g/mol. The molecule has 0 aromatic heterocycles. The summed E-state index contributed by atoms with van der Waals surface area (Å²) in [6, 6.07) is 11.5. The number of nitrogens with zero attached hydrogens (tertiary/aromatic N) is 2. The second-order valence-electron chi connectivity index (χ2n) is 9.90. The molecule has 2 aromatic carbocycles. The topological polar surface area (TPSA) is 71.5 Å². The minimum Gasteiger partial charge on any atom is -0.508 e. The van der Waals surface area contributed by atoms with Crippen LogP contribution >= 0.6 is 11.8 Å². The van der Waals surface area contributed by atoms with E-state index in [0.29, 0.717) is 31.3 Å². The Labute approximate surface area is 205 Å². The van der Waals surface area contributed by atoms with E-state index in [9.17, 15) is 9.90 Å². The summed E-state index contributed by atoms with van der Waals surface area (Å²) in [5.41, 5.74) is 2.85. The van der Waals surface area contributed by atoms with Crippen LogP contribution in [-0.2, 0) is 21.7 Å². The molecular weight excluding hydrogens is 452 g/mol. The lowest BCUT2D eigenvalue weighted by atomic mass is 9.85. The fourth-order valence-electron chi connectivity index (χ4n) is 4.20. The first-order chi connectivity index (χ1) is 16.2. The Balaban J connectivity index is 1.26. The number of ether oxygens (including phenoxy) is 1. The molecule has 1 N–H and O–H groups in total. The van der Waals surface area contributed by atoms with E-state index in [-0.39, 0.29) is 16.7 Å². The summed E-state index contributed by atoms with van der Waals surface area (Å²) in [4.78, 5) is 26.9. The standard InChI is InChI=1S/C26H34N2O5S/c1-26(2,3)21-14-18(7-9-22(21)29)25-28(24(30)17-34-25)11-5-10-27(4)12-13-31-20-8-6-19-16-32-33-23(19)15-20/h6-9,14-15,25,29H,5,10-13,16-17H2,1-4H3. The van der Waals surface area contributed by atoms with Crippen molar-refractivity contribution in [1.29, 1.82) is 0 Å². The molecule has 0 saturated carbocycles. The molecule has 1 amide bonds. The Morgan fingerprint density at radius 1 is 1.21 bits per heavy atom. The molecule has 4 rings (SSSR count). The van der Waals surface area contributed by atoms with Crippen molar-refractivity contribution in [3.63, 3.8) is 0 Å². The van der Waals surface area contributed by atoms with E-state index in [0.717, 1.165) is 47.7 Å². The predicted molar refractivity (Wildman–Crippen MR) is 133 cm³/mol. The molecule has 1 saturated heterocycles. The van der Waals surface area contributed by atoms with Gasteiger partial charge in [-0.2, -0.15) is 4.89 Å². The van der Waals surface area contributed by atoms with E-state index in [1.54, 1.807) is 17.8 Å². The fourth-order valence-corrected chi connectivity index (χ4v) is 5.41. The van der Waals surface area contributed by atoms with E-state index in [1.165, 1.54) is 0 Å². The Kier molecular flexibility index (Phi) is 7.60. The van der Waals surface area contributed by atoms with Gasteiger partial charge < -0.3 is 24.5 Å². The average Bonchev–Trinajstić information content (AvgIpc) is 3.40. The van der Waals surface area contributed by atoms with Crippen LogP contribution in [0.15, 0.2) is 36.4 Å². The molecule has 0 spiro atoms. The minimum absolute atomic E-state index is 0.00570. The van der Waals surface area contributed by atoms with Crippen molar-refractivity contribution in [2.75, 3.05) is 39.0 Å². The number of amides is 1. The lowest BCUT2D eigenvalue weighted by Crippen LogP contribution is -2.32. The van der Waals surface area contributed by atoms with Crippen molar-refractivity contribution in [3.05, 3.63) is 53.1 Å². The minimum atomic E-state index is -0.163. The molecule has 1 unspecified atom stereocenters. The van der Waals surface area contributed by atoms with Crippen LogP contribution in [0.3, 0.4) is 0 Å². The van der Waals surface area contributed by atoms with Gasteiger partial charge in [-0.15, -0.1) is 11.8 Å². The Morgan fingerprint density at radius 3 is 2.82 bits per heavy atom. The van der Waals surface area contributed by atoms with E-state index in [1.807, 2.05) is 29.2 Å². The van der Waals surface area contributed by atoms with Crippen LogP contribution in [0.25, 0.3) is 0 Å². The number of rotatable bonds is 9. The molecule has 7 nitrogen and oxygen atoms in total. The Hall–Kier alpha value is -2.42. The Morgan fingerprint density at radius 2 is 2.03 bits per heavy atom. The SMILES string of the molecule is CN(CCCN1C(=O)CSC1c1ccc(O)c(C(C)(C)C)c1)CCOc1ccc2c(c1)OOC2. The highest BCUT2D eigenvalue weighted by Crippen LogP contribution is 2.41. The van der Waals surface area contributed by atoms with E-state index < -0.39 is 0 Å². The van der Waals surface area contributed by atoms with Crippen LogP contribution < -0.4 is 9.62 Å². The van der Waals surface area contributed by atoms with Crippen LogP contribution in [0.1, 0.15) is 49.3 Å². The fraction of sp³-hybridized carbons (Fsp3) is 0.500. The summed E-state index contributed by atoms with van der Waals surface area (Å²) in [5.74, 6) is 2.46. The first kappa shape index (κ1) is 24.7. The average molecular weight is 487 g/mol. The third-order valence-electron chi connectivity index (χ3n) is 6.16. The quantitative estimate of drug-likeness (QED) is 0.524. The number of carbonyl (C=O) groups excluding carboxylic acids is 1. The third-order valence-corrected chi connectivity index (χ3v) is 7.42. The van der Waals surface area contributed by atoms with Gasteiger partial charge in [0, 0.05) is 24.7 Å². The number of hydrogen-bond acceptors (Lipinski definition) is 7. The van der Waals surface area contributed by atoms with E-state index in [2.05, 4.69) is 38.8 Å². The summed E-state index contributed by atoms with van der Waals surface area (Å²) < 4.78 is 5.86. The number of phenols is 1. The smallest absolute Gasteiger partial charge is 0.233 e. The third kappa shape index (κ3) is 5.79. The van der Waals surface area contributed by atoms with E-state index >= 15 is 0 Å². The highest BCUT2D eigenvalue weighted by molar-refractivity contribution is 8.00. The first-order valence-electron chi connectivity index (χ1n) is 11.7.